The Kier molecular flexibility index (Phi) is 12.5. The number of pyridine rings is 3. The van der Waals surface area contributed by atoms with Crippen molar-refractivity contribution in [1.29, 1.82) is 0 Å². The van der Waals surface area contributed by atoms with Crippen LogP contribution in [0, 0.1) is 18.2 Å². The molecule has 18 aromatic rings. The molecule has 76 heavy (non-hydrogen) atoms. The van der Waals surface area contributed by atoms with E-state index in [2.05, 4.69) is 137 Å². The van der Waals surface area contributed by atoms with Gasteiger partial charge in [-0.3, -0.25) is 14.4 Å². The minimum atomic E-state index is -0.520. The van der Waals surface area contributed by atoms with E-state index in [0.717, 1.165) is 81.7 Å². The number of hydrogen-bond acceptors (Lipinski definition) is 6. The van der Waals surface area contributed by atoms with E-state index < -0.39 is 11.1 Å². The summed E-state index contributed by atoms with van der Waals surface area (Å²) in [6.07, 6.45) is 4.82. The van der Waals surface area contributed by atoms with Crippen LogP contribution < -0.4 is 11.1 Å². The molecule has 0 aliphatic carbocycles. The summed E-state index contributed by atoms with van der Waals surface area (Å²) in [5.41, 5.74) is 7.64. The first-order valence-electron chi connectivity index (χ1n) is 24.5. The molecule has 0 amide bonds. The fraction of sp³-hybridized carbons (Fsp3) is 0.0149. The van der Waals surface area contributed by atoms with Gasteiger partial charge in [-0.2, -0.15) is 0 Å². The van der Waals surface area contributed by atoms with Gasteiger partial charge in [0.15, 0.2) is 5.78 Å². The minimum absolute atomic E-state index is 0. The third-order valence-electron chi connectivity index (χ3n) is 13.9. The molecular weight excluding hydrogens is 1110 g/mol. The van der Waals surface area contributed by atoms with Crippen molar-refractivity contribution in [2.75, 3.05) is 0 Å². The van der Waals surface area contributed by atoms with Gasteiger partial charge < -0.3 is 24.9 Å². The largest absolute Gasteiger partial charge is 3.00 e. The Balaban J connectivity index is 0.00000582. The molecule has 8 aromatic carbocycles. The summed E-state index contributed by atoms with van der Waals surface area (Å²) >= 11 is 0. The molecule has 9 heteroatoms. The van der Waals surface area contributed by atoms with Gasteiger partial charge in [0.25, 0.3) is 11.1 Å². The zero-order valence-corrected chi connectivity index (χ0v) is 42.8. The van der Waals surface area contributed by atoms with E-state index >= 15 is 0 Å². The summed E-state index contributed by atoms with van der Waals surface area (Å²) in [4.78, 5) is 62.3. The Morgan fingerprint density at radius 2 is 0.908 bits per heavy atom. The van der Waals surface area contributed by atoms with Crippen LogP contribution in [0.15, 0.2) is 228 Å². The molecule has 24 heterocycles. The van der Waals surface area contributed by atoms with Crippen LogP contribution in [0.4, 0.5) is 0 Å². The molecule has 0 saturated heterocycles. The minimum Gasteiger partial charge on any atom is -0.321 e. The third-order valence-corrected chi connectivity index (χ3v) is 13.9. The molecule has 8 nitrogen and oxygen atoms in total. The topological polar surface area (TPSA) is 121 Å². The van der Waals surface area contributed by atoms with Crippen molar-refractivity contribution in [1.82, 2.24) is 24.9 Å². The summed E-state index contributed by atoms with van der Waals surface area (Å²) in [5, 5.41) is 10.0. The van der Waals surface area contributed by atoms with Crippen LogP contribution >= 0.6 is 0 Å². The van der Waals surface area contributed by atoms with E-state index in [-0.39, 0.29) is 48.6 Å². The van der Waals surface area contributed by atoms with Crippen LogP contribution in [0.2, 0.25) is 0 Å². The fourth-order valence-electron chi connectivity index (χ4n) is 10.00. The number of nitrogens with zero attached hydrogens (tertiary/aromatic N) is 3. The maximum Gasteiger partial charge on any atom is 3.00 e. The van der Waals surface area contributed by atoms with Crippen molar-refractivity contribution in [3.05, 3.63) is 269 Å². The standard InChI is InChI=1S/C67H40N5O3.Ir/c73-65-31-41-13-28-62(68-38-41)45-20-14-42(15-21-45)56-7-1-4-10-59(56)48-32-49-34-50(33-48)61-12-6-3-9-58(61)44-18-24-47(25-19-44)64-30-27-55(40-70-64)72-67(75)53-36-51(65)35-52(37-53)66(74)71-54-26-29-63(69-39-54)46-22-16-43(17-23-46)57-8-2-5-11-60(49)57;/h1-20,22,24,26-30,32-40H,31H2,(H,71,74)(H,72,75);/q-3;+3. The average molecular weight is 1160 g/mol. The molecule has 0 saturated carbocycles. The molecule has 0 fully saturated rings. The van der Waals surface area contributed by atoms with Crippen LogP contribution in [0.5, 0.6) is 0 Å². The van der Waals surface area contributed by atoms with Gasteiger partial charge in [-0.05, 0) is 103 Å². The number of ketones is 1. The molecule has 14 aliphatic rings. The van der Waals surface area contributed by atoms with Gasteiger partial charge >= 0.3 is 20.1 Å². The van der Waals surface area contributed by atoms with Crippen molar-refractivity contribution >= 4 is 92.5 Å². The van der Waals surface area contributed by atoms with Crippen molar-refractivity contribution in [2.24, 2.45) is 0 Å². The monoisotopic (exact) mass is 1160 g/mol. The van der Waals surface area contributed by atoms with Crippen LogP contribution in [0.25, 0.3) is 120 Å². The second-order valence-corrected chi connectivity index (χ2v) is 18.6. The first kappa shape index (κ1) is 47.5. The molecule has 10 aromatic heterocycles. The number of H-pyrrole nitrogens is 2. The number of aromatic nitrogens is 5. The van der Waals surface area contributed by atoms with Gasteiger partial charge in [0.1, 0.15) is 0 Å². The van der Waals surface area contributed by atoms with Gasteiger partial charge in [-0.15, -0.1) is 89.1 Å². The van der Waals surface area contributed by atoms with E-state index in [9.17, 15) is 14.4 Å². The first-order chi connectivity index (χ1) is 36.8. The number of rotatable bonds is 0. The maximum absolute atomic E-state index is 14.2. The molecular formula is C67H40IrN5O3. The molecule has 18 bridgehead atoms. The fourth-order valence-corrected chi connectivity index (χ4v) is 10.00. The summed E-state index contributed by atoms with van der Waals surface area (Å²) in [6.45, 7) is 0. The summed E-state index contributed by atoms with van der Waals surface area (Å²) < 4.78 is 0. The second-order valence-electron chi connectivity index (χ2n) is 18.6. The van der Waals surface area contributed by atoms with Gasteiger partial charge in [0.2, 0.25) is 0 Å². The van der Waals surface area contributed by atoms with Crippen LogP contribution in [-0.4, -0.2) is 30.7 Å². The number of benzene rings is 8. The van der Waals surface area contributed by atoms with E-state index in [0.29, 0.717) is 33.3 Å². The van der Waals surface area contributed by atoms with Gasteiger partial charge in [0, 0.05) is 41.3 Å². The molecule has 0 radical (unpaired) electrons. The zero-order valence-electron chi connectivity index (χ0n) is 40.4. The molecule has 0 spiro atoms. The SMILES string of the molecule is O=C1Cc2ccc(nc2)-c2[c-]cc(cc2)-c2ccccc2-c2cc3cc(c2)c2ccccc2c2c[c-]c(cc2)c2ccc(cn2)[nH]c(=O)c2cc1cc(c2)c(=O)[nH]c1ccc(nc1)c1[c-]cc(cc1)c1ccccc31.[Ir+3]. The number of carbonyl (C=O) groups is 1. The molecule has 2 N–H and O–H groups in total. The number of carbonyl (C=O) groups excluding carboxylic acids is 1. The van der Waals surface area contributed by atoms with E-state index in [1.165, 1.54) is 18.2 Å². The van der Waals surface area contributed by atoms with Gasteiger partial charge in [0.05, 0.1) is 11.0 Å². The van der Waals surface area contributed by atoms with Gasteiger partial charge in [-0.1, -0.05) is 130 Å². The number of hydrogen-bond donors (Lipinski definition) is 2. The summed E-state index contributed by atoms with van der Waals surface area (Å²) in [7, 11) is 0. The van der Waals surface area contributed by atoms with Gasteiger partial charge in [-0.25, -0.2) is 0 Å². The zero-order chi connectivity index (χ0) is 50.4. The number of nitrogens with one attached hydrogen (secondary N) is 2. The van der Waals surface area contributed by atoms with Crippen molar-refractivity contribution < 1.29 is 24.9 Å². The average Bonchev–Trinajstić information content (AvgIpc) is 3.47. The molecule has 0 unspecified atom stereocenters. The van der Waals surface area contributed by atoms with Crippen LogP contribution in [0.3, 0.4) is 0 Å². The van der Waals surface area contributed by atoms with E-state index in [4.69, 9.17) is 15.0 Å². The van der Waals surface area contributed by atoms with Crippen molar-refractivity contribution in [3.63, 3.8) is 0 Å². The van der Waals surface area contributed by atoms with Crippen molar-refractivity contribution in [2.45, 2.75) is 6.42 Å². The molecule has 0 atom stereocenters. The van der Waals surface area contributed by atoms with Crippen molar-refractivity contribution in [3.8, 4) is 33.5 Å². The smallest absolute Gasteiger partial charge is 0.321 e. The maximum atomic E-state index is 14.2. The van der Waals surface area contributed by atoms with Crippen LogP contribution in [0.1, 0.15) is 15.9 Å². The third kappa shape index (κ3) is 9.26. The first-order valence-corrected chi connectivity index (χ1v) is 24.5. The summed E-state index contributed by atoms with van der Waals surface area (Å²) in [6, 6.07) is 76.5. The molecule has 14 aliphatic heterocycles. The summed E-state index contributed by atoms with van der Waals surface area (Å²) in [5.74, 6) is -0.298. The Morgan fingerprint density at radius 1 is 0.395 bits per heavy atom. The quantitative estimate of drug-likeness (QED) is 0.146. The van der Waals surface area contributed by atoms with E-state index in [1.807, 2.05) is 60.7 Å². The number of Topliss-reactive ketones (excluding diaryl/α,β-unsaturated/α-hetero) is 1. The van der Waals surface area contributed by atoms with Crippen LogP contribution in [-0.2, 0) is 26.5 Å². The molecule has 360 valence electrons. The Bertz CT molecular complexity index is 4460. The second kappa shape index (κ2) is 20.1. The van der Waals surface area contributed by atoms with E-state index in [1.54, 1.807) is 30.7 Å². The predicted molar refractivity (Wildman–Crippen MR) is 304 cm³/mol. The molecule has 32 rings (SSSR count). The predicted octanol–water partition coefficient (Wildman–Crippen LogP) is 14.5. The number of aromatic amines is 2. The Hall–Kier alpha value is -9.53. The normalized spacial score (nSPS) is 11.7. The Morgan fingerprint density at radius 3 is 1.38 bits per heavy atom. The Labute approximate surface area is 448 Å².